The summed E-state index contributed by atoms with van der Waals surface area (Å²) in [6.07, 6.45) is 1.78. The maximum Gasteiger partial charge on any atom is 0.222 e. The number of hydrogen-bond donors (Lipinski definition) is 1. The molecule has 6 heteroatoms. The van der Waals surface area contributed by atoms with Crippen molar-refractivity contribution >= 4 is 21.8 Å². The Labute approximate surface area is 123 Å². The van der Waals surface area contributed by atoms with Crippen LogP contribution in [0.3, 0.4) is 0 Å². The second kappa shape index (κ2) is 5.97. The maximum atomic E-state index is 12.6. The first-order valence-corrected chi connectivity index (χ1v) is 7.72. The Bertz CT molecular complexity index is 757. The Morgan fingerprint density at radius 2 is 1.86 bits per heavy atom. The maximum absolute atomic E-state index is 12.6. The normalized spacial score (nSPS) is 12.7. The Hall–Kier alpha value is -2.34. The molecule has 1 aromatic carbocycles. The van der Waals surface area contributed by atoms with Gasteiger partial charge in [0.1, 0.15) is 10.8 Å². The first-order valence-electron chi connectivity index (χ1n) is 6.23. The van der Waals surface area contributed by atoms with Gasteiger partial charge in [0.2, 0.25) is 16.2 Å². The summed E-state index contributed by atoms with van der Waals surface area (Å²) in [5, 5.41) is 2.09. The van der Waals surface area contributed by atoms with Crippen LogP contribution in [0.4, 0.5) is 0 Å². The number of amides is 1. The molecule has 2 rings (SSSR count). The average Bonchev–Trinajstić information content (AvgIpc) is 2.98. The van der Waals surface area contributed by atoms with Crippen molar-refractivity contribution in [2.24, 2.45) is 0 Å². The highest BCUT2D eigenvalue weighted by Crippen LogP contribution is 2.25. The minimum Gasteiger partial charge on any atom is -0.465 e. The third kappa shape index (κ3) is 3.05. The molecule has 0 aliphatic heterocycles. The van der Waals surface area contributed by atoms with Crippen molar-refractivity contribution in [3.8, 4) is 0 Å². The fourth-order valence-electron chi connectivity index (χ4n) is 1.88. The Balaban J connectivity index is 2.59. The molecular weight excluding hydrogens is 290 g/mol. The lowest BCUT2D eigenvalue weighted by Crippen LogP contribution is -2.21. The summed E-state index contributed by atoms with van der Waals surface area (Å²) < 4.78 is 30.5. The molecule has 1 aromatic heterocycles. The summed E-state index contributed by atoms with van der Waals surface area (Å²) >= 11 is 0. The van der Waals surface area contributed by atoms with Crippen molar-refractivity contribution in [2.45, 2.75) is 18.7 Å². The molecule has 110 valence electrons. The van der Waals surface area contributed by atoms with E-state index in [9.17, 15) is 13.2 Å². The van der Waals surface area contributed by atoms with Crippen LogP contribution in [0.15, 0.2) is 57.0 Å². The van der Waals surface area contributed by atoms with E-state index in [0.717, 1.165) is 5.56 Å². The van der Waals surface area contributed by atoms with E-state index in [1.54, 1.807) is 31.2 Å². The Morgan fingerprint density at radius 3 is 2.38 bits per heavy atom. The SMILES string of the molecule is CC(=C(NC=O)S(=O)(=O)c1ccc(C)cc1)c1ccco1. The van der Waals surface area contributed by atoms with Crippen molar-refractivity contribution in [1.29, 1.82) is 0 Å². The lowest BCUT2D eigenvalue weighted by Gasteiger charge is -2.11. The van der Waals surface area contributed by atoms with Crippen LogP contribution in [0, 0.1) is 6.92 Å². The van der Waals surface area contributed by atoms with Crippen LogP contribution >= 0.6 is 0 Å². The molecule has 0 radical (unpaired) electrons. The van der Waals surface area contributed by atoms with Gasteiger partial charge < -0.3 is 9.73 Å². The van der Waals surface area contributed by atoms with Crippen molar-refractivity contribution < 1.29 is 17.6 Å². The van der Waals surface area contributed by atoms with Crippen molar-refractivity contribution in [2.75, 3.05) is 0 Å². The molecule has 0 unspecified atom stereocenters. The van der Waals surface area contributed by atoms with E-state index in [-0.39, 0.29) is 9.92 Å². The van der Waals surface area contributed by atoms with Crippen LogP contribution in [0.1, 0.15) is 18.2 Å². The predicted molar refractivity (Wildman–Crippen MR) is 78.9 cm³/mol. The van der Waals surface area contributed by atoms with Crippen LogP contribution in [0.2, 0.25) is 0 Å². The molecule has 0 spiro atoms. The molecule has 0 aliphatic rings. The van der Waals surface area contributed by atoms with Gasteiger partial charge in [-0.05, 0) is 38.1 Å². The lowest BCUT2D eigenvalue weighted by atomic mass is 10.2. The number of nitrogens with one attached hydrogen (secondary N) is 1. The molecule has 1 heterocycles. The van der Waals surface area contributed by atoms with E-state index in [1.807, 2.05) is 6.92 Å². The zero-order valence-electron chi connectivity index (χ0n) is 11.7. The van der Waals surface area contributed by atoms with E-state index < -0.39 is 9.84 Å². The number of carbonyl (C=O) groups is 1. The minimum absolute atomic E-state index is 0.114. The molecule has 21 heavy (non-hydrogen) atoms. The molecule has 0 saturated heterocycles. The number of carbonyl (C=O) groups excluding carboxylic acids is 1. The van der Waals surface area contributed by atoms with Gasteiger partial charge in [0.15, 0.2) is 0 Å². The predicted octanol–water partition coefficient (Wildman–Crippen LogP) is 2.50. The third-order valence-corrected chi connectivity index (χ3v) is 4.88. The summed E-state index contributed by atoms with van der Waals surface area (Å²) in [4.78, 5) is 10.9. The van der Waals surface area contributed by atoms with Gasteiger partial charge in [-0.2, -0.15) is 0 Å². The number of benzene rings is 1. The van der Waals surface area contributed by atoms with Crippen LogP contribution in [-0.2, 0) is 14.6 Å². The van der Waals surface area contributed by atoms with Crippen molar-refractivity contribution in [3.63, 3.8) is 0 Å². The van der Waals surface area contributed by atoms with Crippen molar-refractivity contribution in [3.05, 3.63) is 59.0 Å². The van der Waals surface area contributed by atoms with Gasteiger partial charge in [-0.15, -0.1) is 0 Å². The molecule has 2 aromatic rings. The summed E-state index contributed by atoms with van der Waals surface area (Å²) in [5.74, 6) is 0.384. The molecule has 0 atom stereocenters. The van der Waals surface area contributed by atoms with Gasteiger partial charge in [-0.25, -0.2) is 8.42 Å². The topological polar surface area (TPSA) is 76.4 Å². The smallest absolute Gasteiger partial charge is 0.222 e. The number of rotatable bonds is 5. The summed E-state index contributed by atoms with van der Waals surface area (Å²) in [6, 6.07) is 9.70. The van der Waals surface area contributed by atoms with Gasteiger partial charge in [0, 0.05) is 5.57 Å². The van der Waals surface area contributed by atoms with Crippen LogP contribution in [-0.4, -0.2) is 14.8 Å². The fourth-order valence-corrected chi connectivity index (χ4v) is 3.32. The summed E-state index contributed by atoms with van der Waals surface area (Å²) in [5.41, 5.74) is 1.29. The fraction of sp³-hybridized carbons (Fsp3) is 0.133. The van der Waals surface area contributed by atoms with Gasteiger partial charge in [-0.3, -0.25) is 4.79 Å². The zero-order valence-corrected chi connectivity index (χ0v) is 12.5. The molecule has 0 aliphatic carbocycles. The van der Waals surface area contributed by atoms with Crippen molar-refractivity contribution in [1.82, 2.24) is 5.32 Å². The van der Waals surface area contributed by atoms with Crippen LogP contribution < -0.4 is 5.32 Å². The van der Waals surface area contributed by atoms with E-state index in [4.69, 9.17) is 4.42 Å². The van der Waals surface area contributed by atoms with Crippen LogP contribution in [0.5, 0.6) is 0 Å². The first-order chi connectivity index (χ1) is 9.96. The van der Waals surface area contributed by atoms with Gasteiger partial charge in [0.05, 0.1) is 11.2 Å². The van der Waals surface area contributed by atoms with E-state index in [0.29, 0.717) is 17.7 Å². The molecule has 1 amide bonds. The Kier molecular flexibility index (Phi) is 4.28. The highest BCUT2D eigenvalue weighted by atomic mass is 32.2. The molecular formula is C15H15NO4S. The van der Waals surface area contributed by atoms with E-state index >= 15 is 0 Å². The first kappa shape index (κ1) is 15.1. The molecule has 5 nitrogen and oxygen atoms in total. The second-order valence-electron chi connectivity index (χ2n) is 4.51. The highest BCUT2D eigenvalue weighted by Gasteiger charge is 2.24. The van der Waals surface area contributed by atoms with Gasteiger partial charge in [-0.1, -0.05) is 17.7 Å². The summed E-state index contributed by atoms with van der Waals surface area (Å²) in [7, 11) is -3.83. The standard InChI is InChI=1S/C15H15NO4S/c1-11-5-7-13(8-6-11)21(18,19)15(16-10-17)12(2)14-4-3-9-20-14/h3-10H,1-2H3,(H,16,17). The quantitative estimate of drug-likeness (QED) is 0.861. The van der Waals surface area contributed by atoms with E-state index in [1.165, 1.54) is 18.4 Å². The number of allylic oxidation sites excluding steroid dienone is 1. The number of hydrogen-bond acceptors (Lipinski definition) is 4. The molecule has 0 bridgehead atoms. The monoisotopic (exact) mass is 305 g/mol. The zero-order chi connectivity index (χ0) is 15.5. The highest BCUT2D eigenvalue weighted by molar-refractivity contribution is 7.95. The average molecular weight is 305 g/mol. The molecule has 0 fully saturated rings. The van der Waals surface area contributed by atoms with Gasteiger partial charge in [0.25, 0.3) is 0 Å². The molecule has 0 saturated carbocycles. The Morgan fingerprint density at radius 1 is 1.19 bits per heavy atom. The minimum atomic E-state index is -3.83. The number of aryl methyl sites for hydroxylation is 1. The molecule has 1 N–H and O–H groups in total. The third-order valence-electron chi connectivity index (χ3n) is 3.02. The largest absolute Gasteiger partial charge is 0.465 e. The van der Waals surface area contributed by atoms with Crippen LogP contribution in [0.25, 0.3) is 5.57 Å². The number of sulfone groups is 1. The van der Waals surface area contributed by atoms with E-state index in [2.05, 4.69) is 5.32 Å². The number of furan rings is 1. The van der Waals surface area contributed by atoms with Gasteiger partial charge >= 0.3 is 0 Å². The lowest BCUT2D eigenvalue weighted by molar-refractivity contribution is -0.108. The second-order valence-corrected chi connectivity index (χ2v) is 6.40. The summed E-state index contributed by atoms with van der Waals surface area (Å²) in [6.45, 7) is 3.45.